The summed E-state index contributed by atoms with van der Waals surface area (Å²) in [7, 11) is 1.30. The lowest BCUT2D eigenvalue weighted by Gasteiger charge is -2.14. The Bertz CT molecular complexity index is 734. The van der Waals surface area contributed by atoms with E-state index in [2.05, 4.69) is 4.98 Å². The van der Waals surface area contributed by atoms with Gasteiger partial charge in [-0.15, -0.1) is 0 Å². The Balaban J connectivity index is 2.24. The summed E-state index contributed by atoms with van der Waals surface area (Å²) < 4.78 is 10.4. The van der Waals surface area contributed by atoms with Crippen molar-refractivity contribution in [3.63, 3.8) is 0 Å². The second kappa shape index (κ2) is 6.87. The van der Waals surface area contributed by atoms with Crippen LogP contribution in [-0.2, 0) is 4.74 Å². The Hall–Kier alpha value is -2.27. The van der Waals surface area contributed by atoms with Crippen molar-refractivity contribution in [1.29, 1.82) is 0 Å². The number of rotatable bonds is 5. The maximum atomic E-state index is 12.7. The van der Waals surface area contributed by atoms with Crippen molar-refractivity contribution in [3.05, 3.63) is 51.8 Å². The van der Waals surface area contributed by atoms with Gasteiger partial charge in [-0.05, 0) is 50.6 Å². The van der Waals surface area contributed by atoms with Gasteiger partial charge in [-0.2, -0.15) is 0 Å². The van der Waals surface area contributed by atoms with Crippen LogP contribution in [-0.4, -0.2) is 30.0 Å². The summed E-state index contributed by atoms with van der Waals surface area (Å²) in [6.07, 6.45) is -0.699. The van der Waals surface area contributed by atoms with Crippen molar-refractivity contribution in [2.24, 2.45) is 0 Å². The van der Waals surface area contributed by atoms with Crippen LogP contribution in [0.1, 0.15) is 39.0 Å². The van der Waals surface area contributed by atoms with E-state index in [0.29, 0.717) is 27.6 Å². The molecule has 0 fully saturated rings. The van der Waals surface area contributed by atoms with E-state index in [1.807, 2.05) is 0 Å². The lowest BCUT2D eigenvalue weighted by Crippen LogP contribution is -2.25. The number of carbonyl (C=O) groups is 2. The number of ether oxygens (including phenoxy) is 2. The zero-order valence-corrected chi connectivity index (χ0v) is 14.2. The van der Waals surface area contributed by atoms with Gasteiger partial charge >= 0.3 is 5.97 Å². The Morgan fingerprint density at radius 2 is 1.78 bits per heavy atom. The Morgan fingerprint density at radius 1 is 1.17 bits per heavy atom. The van der Waals surface area contributed by atoms with Crippen LogP contribution in [0.3, 0.4) is 0 Å². The number of ketones is 1. The first kappa shape index (κ1) is 17.1. The van der Waals surface area contributed by atoms with Gasteiger partial charge in [0.2, 0.25) is 5.78 Å². The zero-order chi connectivity index (χ0) is 17.1. The van der Waals surface area contributed by atoms with Gasteiger partial charge in [-0.1, -0.05) is 11.6 Å². The average molecular weight is 336 g/mol. The molecular weight excluding hydrogens is 318 g/mol. The van der Waals surface area contributed by atoms with E-state index in [9.17, 15) is 9.59 Å². The van der Waals surface area contributed by atoms with Gasteiger partial charge in [0, 0.05) is 16.3 Å². The molecule has 0 aliphatic rings. The second-order valence-corrected chi connectivity index (χ2v) is 5.63. The number of hydrogen-bond donors (Lipinski definition) is 1. The molecule has 0 radical (unpaired) electrons. The van der Waals surface area contributed by atoms with Gasteiger partial charge in [0.15, 0.2) is 6.10 Å². The fourth-order valence-corrected chi connectivity index (χ4v) is 2.53. The molecule has 0 spiro atoms. The van der Waals surface area contributed by atoms with Crippen LogP contribution in [0, 0.1) is 13.8 Å². The molecule has 0 aliphatic carbocycles. The summed E-state index contributed by atoms with van der Waals surface area (Å²) in [5, 5.41) is 0.594. The maximum Gasteiger partial charge on any atom is 0.354 e. The van der Waals surface area contributed by atoms with Gasteiger partial charge in [-0.3, -0.25) is 4.79 Å². The number of H-pyrrole nitrogens is 1. The summed E-state index contributed by atoms with van der Waals surface area (Å²) >= 11 is 5.82. The van der Waals surface area contributed by atoms with Crippen molar-refractivity contribution in [3.8, 4) is 5.75 Å². The molecule has 1 aromatic carbocycles. The summed E-state index contributed by atoms with van der Waals surface area (Å²) in [4.78, 5) is 27.3. The number of Topliss-reactive ketones (excluding diaryl/α,β-unsaturated/α-hetero) is 1. The molecule has 5 nitrogen and oxygen atoms in total. The molecule has 0 bridgehead atoms. The molecule has 0 aliphatic heterocycles. The van der Waals surface area contributed by atoms with Gasteiger partial charge in [-0.25, -0.2) is 4.79 Å². The monoisotopic (exact) mass is 335 g/mol. The molecule has 0 unspecified atom stereocenters. The number of methoxy groups -OCH3 is 1. The summed E-state index contributed by atoms with van der Waals surface area (Å²) in [6.45, 7) is 5.11. The summed E-state index contributed by atoms with van der Waals surface area (Å²) in [6, 6.07) is 6.78. The molecule has 1 N–H and O–H groups in total. The Kier molecular flexibility index (Phi) is 5.11. The van der Waals surface area contributed by atoms with E-state index in [1.54, 1.807) is 45.0 Å². The van der Waals surface area contributed by atoms with E-state index in [4.69, 9.17) is 21.1 Å². The van der Waals surface area contributed by atoms with E-state index >= 15 is 0 Å². The number of esters is 1. The van der Waals surface area contributed by atoms with Gasteiger partial charge < -0.3 is 14.5 Å². The van der Waals surface area contributed by atoms with Crippen LogP contribution in [0.5, 0.6) is 5.75 Å². The Labute approximate surface area is 139 Å². The van der Waals surface area contributed by atoms with Gasteiger partial charge in [0.25, 0.3) is 0 Å². The lowest BCUT2D eigenvalue weighted by molar-refractivity contribution is 0.0594. The van der Waals surface area contributed by atoms with Gasteiger partial charge in [0.05, 0.1) is 7.11 Å². The number of carbonyl (C=O) groups excluding carboxylic acids is 2. The molecule has 1 heterocycles. The predicted molar refractivity (Wildman–Crippen MR) is 87.5 cm³/mol. The molecule has 6 heteroatoms. The third kappa shape index (κ3) is 3.56. The van der Waals surface area contributed by atoms with Crippen LogP contribution in [0.15, 0.2) is 24.3 Å². The smallest absolute Gasteiger partial charge is 0.354 e. The molecule has 0 saturated heterocycles. The van der Waals surface area contributed by atoms with Crippen molar-refractivity contribution in [2.45, 2.75) is 26.9 Å². The summed E-state index contributed by atoms with van der Waals surface area (Å²) in [5.74, 6) is -0.161. The molecule has 2 rings (SSSR count). The molecule has 0 amide bonds. The standard InChI is InChI=1S/C17H18ClNO4/c1-9-14(10(2)19-15(9)17(21)22-4)16(20)11(3)23-13-7-5-12(18)6-8-13/h5-8,11,19H,1-4H3/t11-/m1/s1. The minimum Gasteiger partial charge on any atom is -0.483 e. The zero-order valence-electron chi connectivity index (χ0n) is 13.4. The van der Waals surface area contributed by atoms with Crippen LogP contribution < -0.4 is 4.74 Å². The quantitative estimate of drug-likeness (QED) is 0.668. The molecule has 122 valence electrons. The minimum absolute atomic E-state index is 0.207. The van der Waals surface area contributed by atoms with Crippen molar-refractivity contribution < 1.29 is 19.1 Å². The highest BCUT2D eigenvalue weighted by Crippen LogP contribution is 2.23. The molecule has 1 atom stereocenters. The third-order valence-electron chi connectivity index (χ3n) is 3.57. The third-order valence-corrected chi connectivity index (χ3v) is 3.82. The molecular formula is C17H18ClNO4. The van der Waals surface area contributed by atoms with Crippen LogP contribution in [0.4, 0.5) is 0 Å². The van der Waals surface area contributed by atoms with Crippen molar-refractivity contribution >= 4 is 23.4 Å². The number of aryl methyl sites for hydroxylation is 1. The van der Waals surface area contributed by atoms with E-state index in [0.717, 1.165) is 0 Å². The van der Waals surface area contributed by atoms with Gasteiger partial charge in [0.1, 0.15) is 11.4 Å². The highest BCUT2D eigenvalue weighted by Gasteiger charge is 2.26. The number of aromatic amines is 1. The number of hydrogen-bond acceptors (Lipinski definition) is 4. The fraction of sp³-hybridized carbons (Fsp3) is 0.294. The van der Waals surface area contributed by atoms with E-state index in [-0.39, 0.29) is 11.5 Å². The molecule has 2 aromatic rings. The first-order valence-corrected chi connectivity index (χ1v) is 7.46. The van der Waals surface area contributed by atoms with Crippen LogP contribution >= 0.6 is 11.6 Å². The number of benzene rings is 1. The first-order chi connectivity index (χ1) is 10.8. The fourth-order valence-electron chi connectivity index (χ4n) is 2.40. The topological polar surface area (TPSA) is 68.4 Å². The maximum absolute atomic E-state index is 12.7. The normalized spacial score (nSPS) is 11.9. The minimum atomic E-state index is -0.699. The molecule has 23 heavy (non-hydrogen) atoms. The predicted octanol–water partition coefficient (Wildman–Crippen LogP) is 3.72. The molecule has 1 aromatic heterocycles. The first-order valence-electron chi connectivity index (χ1n) is 7.09. The van der Waals surface area contributed by atoms with E-state index in [1.165, 1.54) is 7.11 Å². The SMILES string of the molecule is COC(=O)c1[nH]c(C)c(C(=O)[C@@H](C)Oc2ccc(Cl)cc2)c1C. The van der Waals surface area contributed by atoms with E-state index < -0.39 is 12.1 Å². The molecule has 0 saturated carbocycles. The number of halogens is 1. The second-order valence-electron chi connectivity index (χ2n) is 5.19. The van der Waals surface area contributed by atoms with Crippen LogP contribution in [0.2, 0.25) is 5.02 Å². The highest BCUT2D eigenvalue weighted by atomic mass is 35.5. The number of aromatic nitrogens is 1. The largest absolute Gasteiger partial charge is 0.483 e. The Morgan fingerprint density at radius 3 is 2.35 bits per heavy atom. The average Bonchev–Trinajstić information content (AvgIpc) is 2.82. The van der Waals surface area contributed by atoms with Crippen molar-refractivity contribution in [1.82, 2.24) is 4.98 Å². The number of nitrogens with one attached hydrogen (secondary N) is 1. The lowest BCUT2D eigenvalue weighted by atomic mass is 10.0. The summed E-state index contributed by atoms with van der Waals surface area (Å²) in [5.41, 5.74) is 1.91. The van der Waals surface area contributed by atoms with Crippen molar-refractivity contribution in [2.75, 3.05) is 7.11 Å². The van der Waals surface area contributed by atoms with Crippen LogP contribution in [0.25, 0.3) is 0 Å². The highest BCUT2D eigenvalue weighted by molar-refractivity contribution is 6.30.